The minimum atomic E-state index is -4.91. The van der Waals surface area contributed by atoms with Gasteiger partial charge in [-0.15, -0.1) is 0 Å². The van der Waals surface area contributed by atoms with Gasteiger partial charge >= 0.3 is 12.1 Å². The second kappa shape index (κ2) is 12.7. The van der Waals surface area contributed by atoms with E-state index in [0.29, 0.717) is 17.7 Å². The van der Waals surface area contributed by atoms with E-state index in [0.717, 1.165) is 17.3 Å². The van der Waals surface area contributed by atoms with Crippen LogP contribution in [0.25, 0.3) is 0 Å². The average molecular weight is 620 g/mol. The van der Waals surface area contributed by atoms with Gasteiger partial charge in [0.2, 0.25) is 5.95 Å². The highest BCUT2D eigenvalue weighted by Crippen LogP contribution is 2.38. The highest BCUT2D eigenvalue weighted by atomic mass is 32.2. The third-order valence-electron chi connectivity index (χ3n) is 7.05. The number of anilines is 1. The first-order chi connectivity index (χ1) is 20.3. The number of carbonyl (C=O) groups excluding carboxylic acids is 2. The molecule has 4 rings (SSSR count). The van der Waals surface area contributed by atoms with Crippen molar-refractivity contribution in [3.8, 4) is 0 Å². The lowest BCUT2D eigenvalue weighted by Crippen LogP contribution is -2.40. The lowest BCUT2D eigenvalue weighted by atomic mass is 9.89. The first-order valence-corrected chi connectivity index (χ1v) is 15.4. The van der Waals surface area contributed by atoms with Gasteiger partial charge in [-0.05, 0) is 48.6 Å². The van der Waals surface area contributed by atoms with Gasteiger partial charge in [0, 0.05) is 25.5 Å². The zero-order valence-electron chi connectivity index (χ0n) is 24.1. The molecule has 0 fully saturated rings. The van der Waals surface area contributed by atoms with Gasteiger partial charge in [-0.25, -0.2) is 23.2 Å². The minimum Gasteiger partial charge on any atom is -0.462 e. The van der Waals surface area contributed by atoms with E-state index < -0.39 is 39.3 Å². The highest BCUT2D eigenvalue weighted by Gasteiger charge is 2.40. The van der Waals surface area contributed by atoms with Gasteiger partial charge in [-0.2, -0.15) is 13.2 Å². The van der Waals surface area contributed by atoms with Crippen LogP contribution in [0.1, 0.15) is 77.0 Å². The Labute approximate surface area is 247 Å². The zero-order chi connectivity index (χ0) is 31.5. The van der Waals surface area contributed by atoms with E-state index in [4.69, 9.17) is 4.74 Å². The van der Waals surface area contributed by atoms with Crippen LogP contribution in [0.15, 0.2) is 47.6 Å². The Morgan fingerprint density at radius 1 is 1.12 bits per heavy atom. The molecule has 230 valence electrons. The third kappa shape index (κ3) is 6.95. The molecule has 0 aliphatic carbocycles. The Morgan fingerprint density at radius 2 is 1.81 bits per heavy atom. The molecule has 10 nitrogen and oxygen atoms in total. The van der Waals surface area contributed by atoms with Crippen molar-refractivity contribution in [2.24, 2.45) is 5.92 Å². The van der Waals surface area contributed by atoms with Crippen molar-refractivity contribution < 1.29 is 35.9 Å². The first kappa shape index (κ1) is 31.9. The summed E-state index contributed by atoms with van der Waals surface area (Å²) in [4.78, 5) is 39.3. The van der Waals surface area contributed by atoms with Crippen LogP contribution in [0.5, 0.6) is 0 Å². The van der Waals surface area contributed by atoms with Crippen molar-refractivity contribution in [2.45, 2.75) is 57.8 Å². The molecule has 0 saturated carbocycles. The fourth-order valence-corrected chi connectivity index (χ4v) is 5.77. The molecule has 0 bridgehead atoms. The molecule has 0 unspecified atom stereocenters. The van der Waals surface area contributed by atoms with Gasteiger partial charge in [-0.1, -0.05) is 32.9 Å². The number of pyridine rings is 1. The van der Waals surface area contributed by atoms with E-state index in [-0.39, 0.29) is 48.1 Å². The Balaban J connectivity index is 1.55. The number of carbonyl (C=O) groups is 2. The molecule has 0 radical (unpaired) electrons. The van der Waals surface area contributed by atoms with E-state index in [1.54, 1.807) is 30.0 Å². The molecular weight excluding hydrogens is 587 g/mol. The summed E-state index contributed by atoms with van der Waals surface area (Å²) in [5.74, 6) is -1.84. The van der Waals surface area contributed by atoms with E-state index in [1.165, 1.54) is 25.3 Å². The SMILES string of the molecule is CCOC(=O)c1cnc(N2CCc3cc(C(=O)NCc4ccc(S(=O)(=O)CC)cc4)cnc3[C@@H]2C(C)C)nc1C(F)(F)F. The monoisotopic (exact) mass is 619 g/mol. The number of hydrogen-bond acceptors (Lipinski definition) is 9. The summed E-state index contributed by atoms with van der Waals surface area (Å²) in [5, 5.41) is 2.80. The maximum absolute atomic E-state index is 13.9. The Bertz CT molecular complexity index is 1610. The van der Waals surface area contributed by atoms with Crippen molar-refractivity contribution in [3.05, 3.63) is 76.4 Å². The number of hydrogen-bond donors (Lipinski definition) is 1. The summed E-state index contributed by atoms with van der Waals surface area (Å²) in [5.41, 5.74) is 0.276. The second-order valence-electron chi connectivity index (χ2n) is 10.3. The molecule has 1 N–H and O–H groups in total. The maximum atomic E-state index is 13.9. The molecule has 2 aromatic heterocycles. The molecule has 1 aliphatic heterocycles. The summed E-state index contributed by atoms with van der Waals surface area (Å²) in [6.45, 7) is 7.17. The number of nitrogens with one attached hydrogen (secondary N) is 1. The number of amides is 1. The summed E-state index contributed by atoms with van der Waals surface area (Å²) in [6.07, 6.45) is -2.29. The molecule has 3 heterocycles. The van der Waals surface area contributed by atoms with Gasteiger partial charge in [0.15, 0.2) is 15.5 Å². The van der Waals surface area contributed by atoms with Crippen molar-refractivity contribution in [1.29, 1.82) is 0 Å². The average Bonchev–Trinajstić information content (AvgIpc) is 2.98. The maximum Gasteiger partial charge on any atom is 0.434 e. The zero-order valence-corrected chi connectivity index (χ0v) is 24.9. The quantitative estimate of drug-likeness (QED) is 0.343. The predicted octanol–water partition coefficient (Wildman–Crippen LogP) is 4.55. The van der Waals surface area contributed by atoms with Crippen molar-refractivity contribution in [2.75, 3.05) is 23.8 Å². The van der Waals surface area contributed by atoms with Crippen LogP contribution in [-0.4, -0.2) is 54.2 Å². The molecular formula is C29H32F3N5O5S. The third-order valence-corrected chi connectivity index (χ3v) is 8.80. The standard InChI is InChI=1S/C29H32F3N5O5S/c1-5-42-27(39)22-16-35-28(36-25(22)29(30,31)32)37-12-11-19-13-20(15-33-23(19)24(37)17(3)4)26(38)34-14-18-7-9-21(10-8-18)43(40,41)6-2/h7-10,13,15-17,24H,5-6,11-12,14H2,1-4H3,(H,34,38)/t24-/m0/s1. The number of rotatable bonds is 9. The fourth-order valence-electron chi connectivity index (χ4n) is 4.89. The number of aromatic nitrogens is 3. The Morgan fingerprint density at radius 3 is 2.42 bits per heavy atom. The molecule has 43 heavy (non-hydrogen) atoms. The topological polar surface area (TPSA) is 131 Å². The second-order valence-corrected chi connectivity index (χ2v) is 12.6. The lowest BCUT2D eigenvalue weighted by Gasteiger charge is -2.39. The number of ether oxygens (including phenoxy) is 1. The number of benzene rings is 1. The number of sulfone groups is 1. The number of esters is 1. The normalized spacial score (nSPS) is 15.3. The molecule has 0 spiro atoms. The van der Waals surface area contributed by atoms with Crippen LogP contribution in [0, 0.1) is 5.92 Å². The Kier molecular flexibility index (Phi) is 9.38. The van der Waals surface area contributed by atoms with Crippen molar-refractivity contribution >= 4 is 27.7 Å². The van der Waals surface area contributed by atoms with Crippen molar-refractivity contribution in [3.63, 3.8) is 0 Å². The lowest BCUT2D eigenvalue weighted by molar-refractivity contribution is -0.141. The fraction of sp³-hybridized carbons (Fsp3) is 0.414. The minimum absolute atomic E-state index is 0.00673. The van der Waals surface area contributed by atoms with Crippen molar-refractivity contribution in [1.82, 2.24) is 20.3 Å². The van der Waals surface area contributed by atoms with E-state index in [1.807, 2.05) is 13.8 Å². The van der Waals surface area contributed by atoms with Crippen LogP contribution >= 0.6 is 0 Å². The largest absolute Gasteiger partial charge is 0.462 e. The van der Waals surface area contributed by atoms with Gasteiger partial charge in [0.1, 0.15) is 5.56 Å². The van der Waals surface area contributed by atoms with Crippen LogP contribution in [-0.2, 0) is 33.7 Å². The number of halogens is 3. The smallest absolute Gasteiger partial charge is 0.434 e. The van der Waals surface area contributed by atoms with Gasteiger partial charge in [0.25, 0.3) is 5.91 Å². The van der Waals surface area contributed by atoms with E-state index >= 15 is 0 Å². The summed E-state index contributed by atoms with van der Waals surface area (Å²) < 4.78 is 70.4. The van der Waals surface area contributed by atoms with Crippen LogP contribution < -0.4 is 10.2 Å². The highest BCUT2D eigenvalue weighted by molar-refractivity contribution is 7.91. The van der Waals surface area contributed by atoms with Gasteiger partial charge < -0.3 is 15.0 Å². The molecule has 0 saturated heterocycles. The van der Waals surface area contributed by atoms with Gasteiger partial charge in [0.05, 0.1) is 34.6 Å². The van der Waals surface area contributed by atoms with Crippen LogP contribution in [0.4, 0.5) is 19.1 Å². The molecule has 1 amide bonds. The molecule has 1 aliphatic rings. The number of alkyl halides is 3. The number of nitrogens with zero attached hydrogens (tertiary/aromatic N) is 4. The number of fused-ring (bicyclic) bond motifs is 1. The predicted molar refractivity (Wildman–Crippen MR) is 151 cm³/mol. The summed E-state index contributed by atoms with van der Waals surface area (Å²) in [6, 6.07) is 7.51. The summed E-state index contributed by atoms with van der Waals surface area (Å²) in [7, 11) is -3.32. The molecule has 1 atom stereocenters. The van der Waals surface area contributed by atoms with Crippen LogP contribution in [0.3, 0.4) is 0 Å². The molecule has 1 aromatic carbocycles. The van der Waals surface area contributed by atoms with Gasteiger partial charge in [-0.3, -0.25) is 9.78 Å². The van der Waals surface area contributed by atoms with Crippen LogP contribution in [0.2, 0.25) is 0 Å². The Hall–Kier alpha value is -4.07. The van der Waals surface area contributed by atoms with E-state index in [2.05, 4.69) is 20.3 Å². The molecule has 3 aromatic rings. The molecule has 14 heteroatoms. The summed E-state index contributed by atoms with van der Waals surface area (Å²) >= 11 is 0. The van der Waals surface area contributed by atoms with E-state index in [9.17, 15) is 31.2 Å². The first-order valence-electron chi connectivity index (χ1n) is 13.7.